The maximum Gasteiger partial charge on any atom is 0.303 e. The summed E-state index contributed by atoms with van der Waals surface area (Å²) in [6.45, 7) is 6.19. The van der Waals surface area contributed by atoms with Crippen LogP contribution in [0, 0.1) is 28.6 Å². The Hall–Kier alpha value is -0.800. The highest BCUT2D eigenvalue weighted by molar-refractivity contribution is 6.30. The first-order valence-electron chi connectivity index (χ1n) is 10.2. The predicted molar refractivity (Wildman–Crippen MR) is 103 cm³/mol. The highest BCUT2D eigenvalue weighted by Gasteiger charge is 2.58. The van der Waals surface area contributed by atoms with Gasteiger partial charge < -0.3 is 9.84 Å². The summed E-state index contributed by atoms with van der Waals surface area (Å²) >= 11 is 6.51. The number of hydrogen-bond acceptors (Lipinski definition) is 3. The number of aliphatic hydroxyl groups excluding tert-OH is 1. The maximum atomic E-state index is 11.7. The molecule has 144 valence electrons. The van der Waals surface area contributed by atoms with E-state index in [9.17, 15) is 9.90 Å². The lowest BCUT2D eigenvalue weighted by Crippen LogP contribution is -2.55. The second kappa shape index (κ2) is 6.38. The molecule has 2 saturated carbocycles. The summed E-state index contributed by atoms with van der Waals surface area (Å²) in [7, 11) is 0. The van der Waals surface area contributed by atoms with Crippen molar-refractivity contribution in [2.45, 2.75) is 77.9 Å². The average molecular weight is 379 g/mol. The van der Waals surface area contributed by atoms with Crippen LogP contribution in [0.5, 0.6) is 0 Å². The molecule has 0 aromatic heterocycles. The first-order chi connectivity index (χ1) is 12.3. The molecule has 0 radical (unpaired) electrons. The molecule has 0 aromatic rings. The van der Waals surface area contributed by atoms with Crippen molar-refractivity contribution in [3.63, 3.8) is 0 Å². The third kappa shape index (κ3) is 2.69. The van der Waals surface area contributed by atoms with Crippen LogP contribution >= 0.6 is 11.6 Å². The lowest BCUT2D eigenvalue weighted by Gasteiger charge is -2.60. The zero-order chi connectivity index (χ0) is 18.7. The van der Waals surface area contributed by atoms with Gasteiger partial charge in [-0.1, -0.05) is 43.2 Å². The van der Waals surface area contributed by atoms with Gasteiger partial charge in [0.15, 0.2) is 0 Å². The van der Waals surface area contributed by atoms with E-state index in [0.717, 1.165) is 44.9 Å². The summed E-state index contributed by atoms with van der Waals surface area (Å²) < 4.78 is 5.71. The van der Waals surface area contributed by atoms with Crippen molar-refractivity contribution in [2.24, 2.45) is 28.6 Å². The Kier molecular flexibility index (Phi) is 4.55. The minimum atomic E-state index is -0.298. The molecule has 0 bridgehead atoms. The first-order valence-corrected chi connectivity index (χ1v) is 10.5. The quantitative estimate of drug-likeness (QED) is 0.517. The van der Waals surface area contributed by atoms with E-state index in [-0.39, 0.29) is 29.0 Å². The Bertz CT molecular complexity index is 668. The molecule has 26 heavy (non-hydrogen) atoms. The Morgan fingerprint density at radius 2 is 1.96 bits per heavy atom. The standard InChI is InChI=1S/C22H31ClO3/c1-13(24)26-20-19(23)7-6-17-16-5-4-14-12-15(25)8-10-21(14,2)18(16)9-11-22(17,20)3/h4,7,15-18,20,25H,5-6,8-12H2,1-3H3/t15-,16-,17-,18-,20?,21-,22-/m0/s1. The molecule has 0 amide bonds. The van der Waals surface area contributed by atoms with Crippen LogP contribution in [0.4, 0.5) is 0 Å². The number of allylic oxidation sites excluding steroid dienone is 2. The molecule has 0 saturated heterocycles. The highest BCUT2D eigenvalue weighted by atomic mass is 35.5. The molecule has 2 fully saturated rings. The van der Waals surface area contributed by atoms with Gasteiger partial charge in [-0.15, -0.1) is 0 Å². The fourth-order valence-electron chi connectivity index (χ4n) is 6.78. The molecule has 0 heterocycles. The zero-order valence-electron chi connectivity index (χ0n) is 16.1. The Labute approximate surface area is 161 Å². The van der Waals surface area contributed by atoms with Crippen LogP contribution in [-0.4, -0.2) is 23.3 Å². The van der Waals surface area contributed by atoms with Gasteiger partial charge in [0.25, 0.3) is 0 Å². The molecule has 4 aliphatic rings. The number of fused-ring (bicyclic) bond motifs is 5. The fourth-order valence-corrected chi connectivity index (χ4v) is 7.16. The lowest BCUT2D eigenvalue weighted by atomic mass is 9.45. The average Bonchev–Trinajstić information content (AvgIpc) is 2.58. The minimum absolute atomic E-state index is 0.0748. The number of aliphatic hydroxyl groups is 1. The van der Waals surface area contributed by atoms with Crippen LogP contribution in [0.15, 0.2) is 22.8 Å². The third-order valence-corrected chi connectivity index (χ3v) is 8.57. The Morgan fingerprint density at radius 1 is 1.19 bits per heavy atom. The van der Waals surface area contributed by atoms with Crippen molar-refractivity contribution in [1.29, 1.82) is 0 Å². The van der Waals surface area contributed by atoms with E-state index in [1.807, 2.05) is 0 Å². The van der Waals surface area contributed by atoms with Crippen LogP contribution in [0.2, 0.25) is 0 Å². The Morgan fingerprint density at radius 3 is 2.69 bits per heavy atom. The van der Waals surface area contributed by atoms with Gasteiger partial charge in [0, 0.05) is 12.3 Å². The number of hydrogen-bond donors (Lipinski definition) is 1. The SMILES string of the molecule is CC(=O)OC1C(Cl)=CC[C@H]2[C@@H]3CC=C4C[C@@H](O)CC[C@]4(C)[C@H]3CC[C@]12C. The third-order valence-electron chi connectivity index (χ3n) is 8.22. The smallest absolute Gasteiger partial charge is 0.303 e. The first kappa shape index (κ1) is 18.6. The lowest BCUT2D eigenvalue weighted by molar-refractivity contribution is -0.161. The molecular weight excluding hydrogens is 348 g/mol. The van der Waals surface area contributed by atoms with Crippen LogP contribution in [0.3, 0.4) is 0 Å². The normalized spacial score (nSPS) is 47.7. The highest BCUT2D eigenvalue weighted by Crippen LogP contribution is 2.64. The number of rotatable bonds is 1. The second-order valence-electron chi connectivity index (χ2n) is 9.51. The van der Waals surface area contributed by atoms with Gasteiger partial charge in [0.05, 0.1) is 11.1 Å². The predicted octanol–water partition coefficient (Wildman–Crippen LogP) is 4.97. The second-order valence-corrected chi connectivity index (χ2v) is 9.95. The monoisotopic (exact) mass is 378 g/mol. The molecule has 4 rings (SSSR count). The van der Waals surface area contributed by atoms with Crippen molar-refractivity contribution >= 4 is 17.6 Å². The Balaban J connectivity index is 1.67. The van der Waals surface area contributed by atoms with E-state index in [1.54, 1.807) is 0 Å². The number of halogens is 1. The van der Waals surface area contributed by atoms with Crippen molar-refractivity contribution < 1.29 is 14.6 Å². The molecule has 1 N–H and O–H groups in total. The molecule has 1 unspecified atom stereocenters. The summed E-state index contributed by atoms with van der Waals surface area (Å²) in [5, 5.41) is 10.8. The van der Waals surface area contributed by atoms with E-state index >= 15 is 0 Å². The molecule has 0 aromatic carbocycles. The van der Waals surface area contributed by atoms with Crippen molar-refractivity contribution in [1.82, 2.24) is 0 Å². The number of carbonyl (C=O) groups is 1. The summed E-state index contributed by atoms with van der Waals surface area (Å²) in [4.78, 5) is 11.7. The number of carbonyl (C=O) groups excluding carboxylic acids is 1. The van der Waals surface area contributed by atoms with E-state index < -0.39 is 0 Å². The number of ether oxygens (including phenoxy) is 1. The van der Waals surface area contributed by atoms with Crippen LogP contribution in [0.25, 0.3) is 0 Å². The van der Waals surface area contributed by atoms with E-state index in [4.69, 9.17) is 16.3 Å². The van der Waals surface area contributed by atoms with Crippen LogP contribution < -0.4 is 0 Å². The molecule has 7 atom stereocenters. The van der Waals surface area contributed by atoms with Crippen LogP contribution in [0.1, 0.15) is 65.7 Å². The summed E-state index contributed by atoms with van der Waals surface area (Å²) in [5.74, 6) is 1.52. The van der Waals surface area contributed by atoms with Crippen molar-refractivity contribution in [3.8, 4) is 0 Å². The molecule has 4 aliphatic carbocycles. The van der Waals surface area contributed by atoms with E-state index in [1.165, 1.54) is 12.5 Å². The van der Waals surface area contributed by atoms with Gasteiger partial charge in [-0.05, 0) is 68.1 Å². The van der Waals surface area contributed by atoms with Gasteiger partial charge in [0.1, 0.15) is 6.10 Å². The molecular formula is C22H31ClO3. The van der Waals surface area contributed by atoms with Gasteiger partial charge in [0.2, 0.25) is 0 Å². The van der Waals surface area contributed by atoms with Gasteiger partial charge in [-0.2, -0.15) is 0 Å². The molecule has 0 spiro atoms. The van der Waals surface area contributed by atoms with E-state index in [2.05, 4.69) is 26.0 Å². The summed E-state index contributed by atoms with van der Waals surface area (Å²) in [6, 6.07) is 0. The van der Waals surface area contributed by atoms with Gasteiger partial charge in [-0.25, -0.2) is 0 Å². The van der Waals surface area contributed by atoms with Gasteiger partial charge in [-0.3, -0.25) is 4.79 Å². The van der Waals surface area contributed by atoms with E-state index in [0.29, 0.717) is 22.8 Å². The van der Waals surface area contributed by atoms with Crippen molar-refractivity contribution in [3.05, 3.63) is 22.8 Å². The molecule has 3 nitrogen and oxygen atoms in total. The number of esters is 1. The zero-order valence-corrected chi connectivity index (χ0v) is 16.9. The summed E-state index contributed by atoms with van der Waals surface area (Å²) in [6.07, 6.45) is 11.2. The van der Waals surface area contributed by atoms with Crippen molar-refractivity contribution in [2.75, 3.05) is 0 Å². The minimum Gasteiger partial charge on any atom is -0.456 e. The molecule has 4 heteroatoms. The van der Waals surface area contributed by atoms with Crippen LogP contribution in [-0.2, 0) is 9.53 Å². The fraction of sp³-hybridized carbons (Fsp3) is 0.773. The largest absolute Gasteiger partial charge is 0.456 e. The topological polar surface area (TPSA) is 46.5 Å². The maximum absolute atomic E-state index is 11.7. The van der Waals surface area contributed by atoms with Gasteiger partial charge >= 0.3 is 5.97 Å². The summed E-state index contributed by atoms with van der Waals surface area (Å²) in [5.41, 5.74) is 1.64. The molecule has 0 aliphatic heterocycles.